The van der Waals surface area contributed by atoms with Crippen LogP contribution in [0.1, 0.15) is 37.0 Å². The molecule has 1 saturated carbocycles. The summed E-state index contributed by atoms with van der Waals surface area (Å²) in [4.78, 5) is 35.9. The maximum atomic E-state index is 12.2. The van der Waals surface area contributed by atoms with Crippen LogP contribution in [-0.2, 0) is 14.3 Å². The van der Waals surface area contributed by atoms with E-state index in [2.05, 4.69) is 10.6 Å². The van der Waals surface area contributed by atoms with Crippen molar-refractivity contribution in [1.82, 2.24) is 10.6 Å². The number of carbonyl (C=O) groups is 3. The summed E-state index contributed by atoms with van der Waals surface area (Å²) in [5, 5.41) is 5.40. The van der Waals surface area contributed by atoms with Crippen LogP contribution in [0.25, 0.3) is 0 Å². The van der Waals surface area contributed by atoms with Crippen molar-refractivity contribution in [1.29, 1.82) is 0 Å². The van der Waals surface area contributed by atoms with E-state index < -0.39 is 12.0 Å². The van der Waals surface area contributed by atoms with Crippen molar-refractivity contribution in [2.75, 3.05) is 6.61 Å². The number of carbonyl (C=O) groups excluding carboxylic acids is 3. The summed E-state index contributed by atoms with van der Waals surface area (Å²) in [5.74, 6) is -1.40. The van der Waals surface area contributed by atoms with Gasteiger partial charge in [0.15, 0.2) is 6.61 Å². The quantitative estimate of drug-likeness (QED) is 0.741. The van der Waals surface area contributed by atoms with Gasteiger partial charge in [-0.25, -0.2) is 4.79 Å². The molecule has 0 heterocycles. The lowest BCUT2D eigenvalue weighted by molar-refractivity contribution is -0.151. The Morgan fingerprint density at radius 2 is 1.83 bits per heavy atom. The molecule has 2 amide bonds. The zero-order valence-electron chi connectivity index (χ0n) is 13.4. The Balaban J connectivity index is 1.87. The molecule has 23 heavy (non-hydrogen) atoms. The van der Waals surface area contributed by atoms with Crippen LogP contribution in [0, 0.1) is 5.92 Å². The van der Waals surface area contributed by atoms with Crippen LogP contribution >= 0.6 is 0 Å². The number of nitrogens with one attached hydrogen (secondary N) is 2. The van der Waals surface area contributed by atoms with Crippen LogP contribution < -0.4 is 10.6 Å². The van der Waals surface area contributed by atoms with Gasteiger partial charge in [0.25, 0.3) is 11.8 Å². The van der Waals surface area contributed by atoms with Crippen LogP contribution in [0.3, 0.4) is 0 Å². The van der Waals surface area contributed by atoms with Crippen molar-refractivity contribution in [2.45, 2.75) is 38.8 Å². The monoisotopic (exact) mass is 318 g/mol. The molecule has 0 spiro atoms. The third-order valence-electron chi connectivity index (χ3n) is 3.53. The Morgan fingerprint density at radius 1 is 1.17 bits per heavy atom. The normalized spacial score (nSPS) is 14.9. The zero-order chi connectivity index (χ0) is 16.8. The van der Waals surface area contributed by atoms with Gasteiger partial charge in [0.1, 0.15) is 6.04 Å². The molecule has 1 atom stereocenters. The highest BCUT2D eigenvalue weighted by Crippen LogP contribution is 2.18. The standard InChI is InChI=1S/C17H22N2O4/c1-11(2)15(19-16(21)12-6-4-3-5-7-12)17(22)23-10-14(20)18-13-8-9-13/h3-7,11,13,15H,8-10H2,1-2H3,(H,18,20)(H,19,21)/t15-/m1/s1. The first-order chi connectivity index (χ1) is 11.0. The van der Waals surface area contributed by atoms with Gasteiger partial charge in [-0.3, -0.25) is 9.59 Å². The summed E-state index contributed by atoms with van der Waals surface area (Å²) in [6, 6.07) is 8.07. The Hall–Kier alpha value is -2.37. The summed E-state index contributed by atoms with van der Waals surface area (Å²) in [5.41, 5.74) is 0.470. The highest BCUT2D eigenvalue weighted by molar-refractivity contribution is 5.97. The Bertz CT molecular complexity index is 567. The molecule has 0 aromatic heterocycles. The smallest absolute Gasteiger partial charge is 0.329 e. The molecule has 0 saturated heterocycles. The maximum absolute atomic E-state index is 12.2. The summed E-state index contributed by atoms with van der Waals surface area (Å²) in [6.45, 7) is 3.29. The van der Waals surface area contributed by atoms with Crippen molar-refractivity contribution in [3.05, 3.63) is 35.9 Å². The fraction of sp³-hybridized carbons (Fsp3) is 0.471. The zero-order valence-corrected chi connectivity index (χ0v) is 13.4. The van der Waals surface area contributed by atoms with E-state index in [1.165, 1.54) is 0 Å². The molecular formula is C17H22N2O4. The molecule has 2 N–H and O–H groups in total. The van der Waals surface area contributed by atoms with Gasteiger partial charge in [-0.2, -0.15) is 0 Å². The first kappa shape index (κ1) is 17.0. The van der Waals surface area contributed by atoms with Crippen molar-refractivity contribution >= 4 is 17.8 Å². The van der Waals surface area contributed by atoms with Gasteiger partial charge >= 0.3 is 5.97 Å². The number of esters is 1. The molecule has 0 bridgehead atoms. The summed E-state index contributed by atoms with van der Waals surface area (Å²) >= 11 is 0. The highest BCUT2D eigenvalue weighted by Gasteiger charge is 2.28. The third-order valence-corrected chi connectivity index (χ3v) is 3.53. The average Bonchev–Trinajstić information content (AvgIpc) is 3.34. The molecule has 1 aliphatic rings. The van der Waals surface area contributed by atoms with E-state index in [1.807, 2.05) is 19.9 Å². The lowest BCUT2D eigenvalue weighted by Gasteiger charge is -2.20. The van der Waals surface area contributed by atoms with Crippen LogP contribution in [0.4, 0.5) is 0 Å². The fourth-order valence-electron chi connectivity index (χ4n) is 2.04. The molecule has 0 unspecified atom stereocenters. The molecule has 0 aliphatic heterocycles. The van der Waals surface area contributed by atoms with Crippen LogP contribution in [0.15, 0.2) is 30.3 Å². The second-order valence-corrected chi connectivity index (χ2v) is 6.01. The van der Waals surface area contributed by atoms with E-state index in [4.69, 9.17) is 4.74 Å². The van der Waals surface area contributed by atoms with Gasteiger partial charge in [-0.1, -0.05) is 32.0 Å². The summed E-state index contributed by atoms with van der Waals surface area (Å²) < 4.78 is 5.03. The number of hydrogen-bond acceptors (Lipinski definition) is 4. The Morgan fingerprint density at radius 3 is 2.39 bits per heavy atom. The summed E-state index contributed by atoms with van der Waals surface area (Å²) in [6.07, 6.45) is 1.95. The van der Waals surface area contributed by atoms with Gasteiger partial charge in [0.05, 0.1) is 0 Å². The largest absolute Gasteiger partial charge is 0.454 e. The fourth-order valence-corrected chi connectivity index (χ4v) is 2.04. The minimum absolute atomic E-state index is 0.151. The lowest BCUT2D eigenvalue weighted by Crippen LogP contribution is -2.46. The van der Waals surface area contributed by atoms with E-state index in [-0.39, 0.29) is 30.4 Å². The number of amides is 2. The molecular weight excluding hydrogens is 296 g/mol. The maximum Gasteiger partial charge on any atom is 0.329 e. The molecule has 0 radical (unpaired) electrons. The number of ether oxygens (including phenoxy) is 1. The average molecular weight is 318 g/mol. The predicted octanol–water partition coefficient (Wildman–Crippen LogP) is 1.26. The first-order valence-electron chi connectivity index (χ1n) is 7.79. The molecule has 1 aromatic rings. The molecule has 1 aromatic carbocycles. The Kier molecular flexibility index (Phi) is 5.73. The van der Waals surface area contributed by atoms with Crippen molar-refractivity contribution in [3.8, 4) is 0 Å². The first-order valence-corrected chi connectivity index (χ1v) is 7.79. The second kappa shape index (κ2) is 7.76. The van der Waals surface area contributed by atoms with E-state index in [0.717, 1.165) is 12.8 Å². The number of hydrogen-bond donors (Lipinski definition) is 2. The van der Waals surface area contributed by atoms with Gasteiger partial charge < -0.3 is 15.4 Å². The molecule has 124 valence electrons. The third kappa shape index (κ3) is 5.39. The van der Waals surface area contributed by atoms with Crippen molar-refractivity contribution in [2.24, 2.45) is 5.92 Å². The van der Waals surface area contributed by atoms with Crippen LogP contribution in [0.2, 0.25) is 0 Å². The minimum atomic E-state index is -0.795. The van der Waals surface area contributed by atoms with Gasteiger partial charge in [0, 0.05) is 11.6 Å². The second-order valence-electron chi connectivity index (χ2n) is 6.01. The van der Waals surface area contributed by atoms with Crippen LogP contribution in [-0.4, -0.2) is 36.5 Å². The van der Waals surface area contributed by atoms with E-state index in [9.17, 15) is 14.4 Å². The van der Waals surface area contributed by atoms with Gasteiger partial charge in [-0.15, -0.1) is 0 Å². The SMILES string of the molecule is CC(C)[C@@H](NC(=O)c1ccccc1)C(=O)OCC(=O)NC1CC1. The molecule has 1 fully saturated rings. The van der Waals surface area contributed by atoms with Gasteiger partial charge in [-0.05, 0) is 30.9 Å². The van der Waals surface area contributed by atoms with Crippen LogP contribution in [0.5, 0.6) is 0 Å². The number of benzene rings is 1. The Labute approximate surface area is 135 Å². The topological polar surface area (TPSA) is 84.5 Å². The molecule has 1 aliphatic carbocycles. The van der Waals surface area contributed by atoms with E-state index >= 15 is 0 Å². The molecule has 6 nitrogen and oxygen atoms in total. The van der Waals surface area contributed by atoms with E-state index in [0.29, 0.717) is 5.56 Å². The lowest BCUT2D eigenvalue weighted by atomic mass is 10.0. The molecule has 6 heteroatoms. The van der Waals surface area contributed by atoms with Crippen molar-refractivity contribution in [3.63, 3.8) is 0 Å². The van der Waals surface area contributed by atoms with Crippen molar-refractivity contribution < 1.29 is 19.1 Å². The van der Waals surface area contributed by atoms with E-state index in [1.54, 1.807) is 24.3 Å². The molecule has 2 rings (SSSR count). The van der Waals surface area contributed by atoms with Gasteiger partial charge in [0.2, 0.25) is 0 Å². The minimum Gasteiger partial charge on any atom is -0.454 e. The highest BCUT2D eigenvalue weighted by atomic mass is 16.5. The number of rotatable bonds is 7. The predicted molar refractivity (Wildman–Crippen MR) is 84.7 cm³/mol. The summed E-state index contributed by atoms with van der Waals surface area (Å²) in [7, 11) is 0.